The first-order valence-corrected chi connectivity index (χ1v) is 5.70. The van der Waals surface area contributed by atoms with Gasteiger partial charge in [-0.25, -0.2) is 4.79 Å². The summed E-state index contributed by atoms with van der Waals surface area (Å²) in [6.45, 7) is 1.32. The van der Waals surface area contributed by atoms with Crippen LogP contribution in [0.2, 0.25) is 5.02 Å². The van der Waals surface area contributed by atoms with Gasteiger partial charge >= 0.3 is 11.9 Å². The molecule has 0 unspecified atom stereocenters. The molecule has 0 bridgehead atoms. The van der Waals surface area contributed by atoms with Gasteiger partial charge in [0.25, 0.3) is 0 Å². The molecule has 0 radical (unpaired) electrons. The van der Waals surface area contributed by atoms with Gasteiger partial charge in [-0.15, -0.1) is 11.3 Å². The monoisotopic (exact) mass is 269 g/mol. The van der Waals surface area contributed by atoms with Gasteiger partial charge < -0.3 is 10.5 Å². The highest BCUT2D eigenvalue weighted by Crippen LogP contribution is 2.37. The van der Waals surface area contributed by atoms with E-state index in [1.807, 2.05) is 0 Å². The molecular weight excluding hydrogens is 260 g/mol. The van der Waals surface area contributed by atoms with Gasteiger partial charge in [0.05, 0.1) is 11.6 Å². The maximum absolute atomic E-state index is 13.5. The topological polar surface area (TPSA) is 52.3 Å². The minimum absolute atomic E-state index is 0.0692. The molecule has 0 fully saturated rings. The fourth-order valence-electron chi connectivity index (χ4n) is 1.05. The molecule has 0 aromatic carbocycles. The van der Waals surface area contributed by atoms with E-state index in [9.17, 15) is 13.6 Å². The largest absolute Gasteiger partial charge is 0.462 e. The Morgan fingerprint density at radius 1 is 1.75 bits per heavy atom. The van der Waals surface area contributed by atoms with Crippen LogP contribution in [-0.4, -0.2) is 18.5 Å². The predicted octanol–water partition coefficient (Wildman–Crippen LogP) is 2.60. The summed E-state index contributed by atoms with van der Waals surface area (Å²) in [6, 6.07) is -0.332. The third-order valence-corrected chi connectivity index (χ3v) is 3.31. The third-order valence-electron chi connectivity index (χ3n) is 1.87. The zero-order valence-corrected chi connectivity index (χ0v) is 9.95. The molecular formula is C9H10ClF2NO2S. The molecule has 1 aromatic rings. The van der Waals surface area contributed by atoms with Crippen molar-refractivity contribution in [1.29, 1.82) is 0 Å². The zero-order valence-electron chi connectivity index (χ0n) is 8.38. The van der Waals surface area contributed by atoms with Crippen molar-refractivity contribution in [3.05, 3.63) is 21.3 Å². The van der Waals surface area contributed by atoms with Crippen LogP contribution in [0.15, 0.2) is 11.4 Å². The van der Waals surface area contributed by atoms with Gasteiger partial charge in [-0.2, -0.15) is 8.78 Å². The SMILES string of the molecule is CCOC(=O)C(F)(F)[C@@H](N)c1sccc1Cl. The van der Waals surface area contributed by atoms with Crippen LogP contribution in [0.5, 0.6) is 0 Å². The Morgan fingerprint density at radius 2 is 2.38 bits per heavy atom. The van der Waals surface area contributed by atoms with Gasteiger partial charge in [0.2, 0.25) is 0 Å². The minimum atomic E-state index is -3.77. The predicted molar refractivity (Wildman–Crippen MR) is 57.8 cm³/mol. The molecule has 90 valence electrons. The second-order valence-corrected chi connectivity index (χ2v) is 4.31. The summed E-state index contributed by atoms with van der Waals surface area (Å²) in [7, 11) is 0. The van der Waals surface area contributed by atoms with Crippen LogP contribution < -0.4 is 5.73 Å². The minimum Gasteiger partial charge on any atom is -0.462 e. The maximum Gasteiger partial charge on any atom is 0.379 e. The lowest BCUT2D eigenvalue weighted by Gasteiger charge is -2.20. The summed E-state index contributed by atoms with van der Waals surface area (Å²) >= 11 is 6.64. The average Bonchev–Trinajstić information content (AvgIpc) is 2.63. The Balaban J connectivity index is 2.92. The van der Waals surface area contributed by atoms with Crippen LogP contribution in [0.25, 0.3) is 0 Å². The first-order chi connectivity index (χ1) is 7.41. The van der Waals surface area contributed by atoms with E-state index in [1.165, 1.54) is 18.4 Å². The summed E-state index contributed by atoms with van der Waals surface area (Å²) in [5.74, 6) is -5.41. The lowest BCUT2D eigenvalue weighted by atomic mass is 10.1. The fourth-order valence-corrected chi connectivity index (χ4v) is 2.26. The van der Waals surface area contributed by atoms with E-state index in [2.05, 4.69) is 4.74 Å². The zero-order chi connectivity index (χ0) is 12.3. The Hall–Kier alpha value is -0.720. The molecule has 2 N–H and O–H groups in total. The van der Waals surface area contributed by atoms with Gasteiger partial charge in [0.1, 0.15) is 6.04 Å². The summed E-state index contributed by atoms with van der Waals surface area (Å²) in [5, 5.41) is 1.65. The Kier molecular flexibility index (Phi) is 4.23. The molecule has 0 saturated carbocycles. The van der Waals surface area contributed by atoms with Crippen molar-refractivity contribution in [2.75, 3.05) is 6.61 Å². The van der Waals surface area contributed by atoms with Crippen molar-refractivity contribution in [3.8, 4) is 0 Å². The summed E-state index contributed by atoms with van der Waals surface area (Å²) in [4.78, 5) is 11.1. The molecule has 1 heterocycles. The Morgan fingerprint density at radius 3 is 2.81 bits per heavy atom. The van der Waals surface area contributed by atoms with Gasteiger partial charge in [0, 0.05) is 4.88 Å². The lowest BCUT2D eigenvalue weighted by Crippen LogP contribution is -2.41. The quantitative estimate of drug-likeness (QED) is 0.855. The maximum atomic E-state index is 13.5. The Bertz CT molecular complexity index is 383. The van der Waals surface area contributed by atoms with E-state index < -0.39 is 17.9 Å². The summed E-state index contributed by atoms with van der Waals surface area (Å²) in [6.07, 6.45) is 0. The number of halogens is 3. The van der Waals surface area contributed by atoms with Crippen molar-refractivity contribution < 1.29 is 18.3 Å². The second kappa shape index (κ2) is 5.07. The van der Waals surface area contributed by atoms with Crippen LogP contribution in [0.1, 0.15) is 17.8 Å². The molecule has 0 spiro atoms. The number of carbonyl (C=O) groups excluding carboxylic acids is 1. The van der Waals surface area contributed by atoms with Crippen LogP contribution in [0.4, 0.5) is 8.78 Å². The molecule has 0 saturated heterocycles. The number of esters is 1. The van der Waals surface area contributed by atoms with E-state index in [-0.39, 0.29) is 16.5 Å². The van der Waals surface area contributed by atoms with Crippen molar-refractivity contribution in [2.45, 2.75) is 18.9 Å². The third kappa shape index (κ3) is 2.50. The number of thiophene rings is 1. The number of alkyl halides is 2. The van der Waals surface area contributed by atoms with Crippen LogP contribution in [0.3, 0.4) is 0 Å². The first-order valence-electron chi connectivity index (χ1n) is 4.44. The van der Waals surface area contributed by atoms with E-state index in [0.29, 0.717) is 0 Å². The number of hydrogen-bond acceptors (Lipinski definition) is 4. The van der Waals surface area contributed by atoms with Gasteiger partial charge in [-0.1, -0.05) is 11.6 Å². The molecule has 16 heavy (non-hydrogen) atoms. The lowest BCUT2D eigenvalue weighted by molar-refractivity contribution is -0.174. The summed E-state index contributed by atoms with van der Waals surface area (Å²) in [5.41, 5.74) is 5.32. The molecule has 1 aromatic heterocycles. The number of carbonyl (C=O) groups is 1. The smallest absolute Gasteiger partial charge is 0.379 e. The highest BCUT2D eigenvalue weighted by Gasteiger charge is 2.48. The highest BCUT2D eigenvalue weighted by molar-refractivity contribution is 7.10. The van der Waals surface area contributed by atoms with Crippen LogP contribution in [-0.2, 0) is 9.53 Å². The number of nitrogens with two attached hydrogens (primary N) is 1. The average molecular weight is 270 g/mol. The fraction of sp³-hybridized carbons (Fsp3) is 0.444. The van der Waals surface area contributed by atoms with Crippen LogP contribution >= 0.6 is 22.9 Å². The number of ether oxygens (including phenoxy) is 1. The molecule has 0 aliphatic heterocycles. The van der Waals surface area contributed by atoms with Gasteiger partial charge in [-0.05, 0) is 18.4 Å². The standard InChI is InChI=1S/C9H10ClF2NO2S/c1-2-15-8(14)9(11,12)7(13)6-5(10)3-4-16-6/h3-4,7H,2,13H2,1H3/t7-/m0/s1. The van der Waals surface area contributed by atoms with E-state index >= 15 is 0 Å². The molecule has 3 nitrogen and oxygen atoms in total. The molecule has 7 heteroatoms. The van der Waals surface area contributed by atoms with Crippen LogP contribution in [0, 0.1) is 0 Å². The van der Waals surface area contributed by atoms with Crippen molar-refractivity contribution >= 4 is 28.9 Å². The van der Waals surface area contributed by atoms with Crippen molar-refractivity contribution in [3.63, 3.8) is 0 Å². The van der Waals surface area contributed by atoms with E-state index in [1.54, 1.807) is 0 Å². The molecule has 1 atom stereocenters. The molecule has 1 rings (SSSR count). The molecule has 0 aliphatic carbocycles. The molecule has 0 aliphatic rings. The Labute approximate surface area is 100 Å². The molecule has 0 amide bonds. The normalized spacial score (nSPS) is 13.6. The number of rotatable bonds is 4. The van der Waals surface area contributed by atoms with E-state index in [4.69, 9.17) is 17.3 Å². The summed E-state index contributed by atoms with van der Waals surface area (Å²) < 4.78 is 31.2. The van der Waals surface area contributed by atoms with Crippen molar-refractivity contribution in [1.82, 2.24) is 0 Å². The van der Waals surface area contributed by atoms with Gasteiger partial charge in [0.15, 0.2) is 0 Å². The van der Waals surface area contributed by atoms with Crippen molar-refractivity contribution in [2.24, 2.45) is 5.73 Å². The first kappa shape index (κ1) is 13.3. The van der Waals surface area contributed by atoms with E-state index in [0.717, 1.165) is 11.3 Å². The highest BCUT2D eigenvalue weighted by atomic mass is 35.5. The second-order valence-electron chi connectivity index (χ2n) is 2.95. The number of hydrogen-bond donors (Lipinski definition) is 1. The van der Waals surface area contributed by atoms with Gasteiger partial charge in [-0.3, -0.25) is 0 Å².